The highest BCUT2D eigenvalue weighted by Gasteiger charge is 2.46. The summed E-state index contributed by atoms with van der Waals surface area (Å²) in [7, 11) is -1.85. The molecule has 25 heavy (non-hydrogen) atoms. The van der Waals surface area contributed by atoms with Gasteiger partial charge in [0.15, 0.2) is 0 Å². The zero-order chi connectivity index (χ0) is 19.0. The zero-order valence-electron chi connectivity index (χ0n) is 17.4. The van der Waals surface area contributed by atoms with Crippen molar-refractivity contribution in [3.05, 3.63) is 12.2 Å². The third kappa shape index (κ3) is 6.59. The minimum Gasteiger partial charge on any atom is -0.413 e. The molecule has 0 fully saturated rings. The Kier molecular flexibility index (Phi) is 9.49. The lowest BCUT2D eigenvalue weighted by Crippen LogP contribution is -2.50. The van der Waals surface area contributed by atoms with E-state index in [9.17, 15) is 5.11 Å². The van der Waals surface area contributed by atoms with Gasteiger partial charge >= 0.3 is 0 Å². The maximum atomic E-state index is 9.98. The average molecular weight is 365 g/mol. The van der Waals surface area contributed by atoms with Crippen LogP contribution in [0.4, 0.5) is 0 Å². The van der Waals surface area contributed by atoms with Gasteiger partial charge in [-0.05, 0) is 48.7 Å². The summed E-state index contributed by atoms with van der Waals surface area (Å²) in [4.78, 5) is 0. The normalized spacial score (nSPS) is 24.0. The molecule has 2 atom stereocenters. The number of hydrogen-bond acceptors (Lipinski definition) is 2. The Balaban J connectivity index is 2.92. The summed E-state index contributed by atoms with van der Waals surface area (Å²) < 4.78 is 7.04. The molecule has 0 aliphatic heterocycles. The van der Waals surface area contributed by atoms with Crippen molar-refractivity contribution in [1.29, 1.82) is 0 Å². The molecule has 1 aliphatic rings. The first-order chi connectivity index (χ1) is 11.7. The molecule has 1 aliphatic carbocycles. The van der Waals surface area contributed by atoms with Gasteiger partial charge in [0, 0.05) is 18.9 Å². The van der Waals surface area contributed by atoms with Crippen LogP contribution in [0.25, 0.3) is 0 Å². The summed E-state index contributed by atoms with van der Waals surface area (Å²) in [5.41, 5.74) is 2.95. The van der Waals surface area contributed by atoms with Gasteiger partial charge in [-0.1, -0.05) is 59.6 Å². The van der Waals surface area contributed by atoms with Crippen molar-refractivity contribution >= 4 is 8.32 Å². The molecule has 3 heteroatoms. The Labute approximate surface area is 157 Å². The number of aliphatic hydroxyl groups excluding tert-OH is 1. The summed E-state index contributed by atoms with van der Waals surface area (Å²) >= 11 is 0. The van der Waals surface area contributed by atoms with E-state index in [1.807, 2.05) is 0 Å². The first kappa shape index (κ1) is 22.5. The summed E-state index contributed by atoms with van der Waals surface area (Å²) in [5, 5.41) is 9.98. The summed E-state index contributed by atoms with van der Waals surface area (Å²) in [6.07, 6.45) is 6.57. The average Bonchev–Trinajstić information content (AvgIpc) is 2.50. The van der Waals surface area contributed by atoms with E-state index in [0.717, 1.165) is 44.1 Å². The number of aliphatic hydroxyl groups is 1. The molecule has 0 spiro atoms. The van der Waals surface area contributed by atoms with Gasteiger partial charge < -0.3 is 9.53 Å². The fourth-order valence-corrected chi connectivity index (χ4v) is 10.2. The van der Waals surface area contributed by atoms with Gasteiger partial charge in [-0.15, -0.1) is 5.92 Å². The van der Waals surface area contributed by atoms with Crippen LogP contribution in [-0.2, 0) is 4.43 Å². The van der Waals surface area contributed by atoms with Crippen LogP contribution < -0.4 is 0 Å². The van der Waals surface area contributed by atoms with E-state index in [0.29, 0.717) is 29.1 Å². The van der Waals surface area contributed by atoms with Crippen LogP contribution in [0.1, 0.15) is 86.5 Å². The van der Waals surface area contributed by atoms with Gasteiger partial charge in [-0.25, -0.2) is 0 Å². The summed E-state index contributed by atoms with van der Waals surface area (Å²) in [6.45, 7) is 18.3. The second-order valence-corrected chi connectivity index (χ2v) is 14.0. The first-order valence-corrected chi connectivity index (χ1v) is 12.3. The van der Waals surface area contributed by atoms with Gasteiger partial charge in [0.1, 0.15) is 6.10 Å². The Morgan fingerprint density at radius 3 is 2.20 bits per heavy atom. The lowest BCUT2D eigenvalue weighted by molar-refractivity contribution is 0.150. The molecule has 0 saturated carbocycles. The molecule has 0 aromatic heterocycles. The topological polar surface area (TPSA) is 29.5 Å². The molecule has 2 nitrogen and oxygen atoms in total. The second-order valence-electron chi connectivity index (χ2n) is 8.63. The Morgan fingerprint density at radius 1 is 1.04 bits per heavy atom. The quantitative estimate of drug-likeness (QED) is 0.357. The minimum atomic E-state index is -1.85. The lowest BCUT2D eigenvalue weighted by Gasteiger charge is -2.45. The largest absolute Gasteiger partial charge is 0.413 e. The number of rotatable bonds is 5. The van der Waals surface area contributed by atoms with Crippen molar-refractivity contribution in [3.8, 4) is 11.8 Å². The van der Waals surface area contributed by atoms with Crippen molar-refractivity contribution < 1.29 is 9.53 Å². The van der Waals surface area contributed by atoms with Crippen LogP contribution in [0.15, 0.2) is 12.2 Å². The lowest BCUT2D eigenvalue weighted by atomic mass is 9.99. The van der Waals surface area contributed by atoms with Gasteiger partial charge in [-0.2, -0.15) is 0 Å². The van der Waals surface area contributed by atoms with E-state index in [-0.39, 0.29) is 0 Å². The van der Waals surface area contributed by atoms with Crippen LogP contribution in [0.3, 0.4) is 0 Å². The Hall–Kier alpha value is -0.563. The molecule has 0 bridgehead atoms. The van der Waals surface area contributed by atoms with Crippen molar-refractivity contribution in [1.82, 2.24) is 0 Å². The van der Waals surface area contributed by atoms with E-state index in [1.54, 1.807) is 0 Å². The number of hydrogen-bond donors (Lipinski definition) is 1. The first-order valence-electron chi connectivity index (χ1n) is 10.2. The molecule has 1 unspecified atom stereocenters. The van der Waals surface area contributed by atoms with Crippen LogP contribution >= 0.6 is 0 Å². The van der Waals surface area contributed by atoms with Crippen molar-refractivity contribution in [2.24, 2.45) is 0 Å². The molecule has 1 N–H and O–H groups in total. The molecule has 0 radical (unpaired) electrons. The van der Waals surface area contributed by atoms with Gasteiger partial charge in [0.05, 0.1) is 0 Å². The van der Waals surface area contributed by atoms with Gasteiger partial charge in [0.2, 0.25) is 8.32 Å². The fourth-order valence-electron chi connectivity index (χ4n) is 4.53. The molecule has 0 amide bonds. The molecule has 0 aromatic carbocycles. The highest BCUT2D eigenvalue weighted by molar-refractivity contribution is 6.77. The van der Waals surface area contributed by atoms with Crippen molar-refractivity contribution in [2.45, 2.75) is 115 Å². The summed E-state index contributed by atoms with van der Waals surface area (Å²) in [5.74, 6) is 6.06. The highest BCUT2D eigenvalue weighted by atomic mass is 28.4. The molecule has 0 aromatic rings. The van der Waals surface area contributed by atoms with Crippen molar-refractivity contribution in [2.75, 3.05) is 0 Å². The molecular formula is C22H40O2Si. The van der Waals surface area contributed by atoms with Crippen LogP contribution in [0.2, 0.25) is 16.6 Å². The van der Waals surface area contributed by atoms with E-state index < -0.39 is 14.4 Å². The molecule has 144 valence electrons. The predicted octanol–water partition coefficient (Wildman–Crippen LogP) is 6.21. The highest BCUT2D eigenvalue weighted by Crippen LogP contribution is 2.44. The molecule has 1 rings (SSSR count). The maximum Gasteiger partial charge on any atom is 0.200 e. The van der Waals surface area contributed by atoms with E-state index in [4.69, 9.17) is 4.43 Å². The van der Waals surface area contributed by atoms with Crippen molar-refractivity contribution in [3.63, 3.8) is 0 Å². The van der Waals surface area contributed by atoms with Gasteiger partial charge in [-0.3, -0.25) is 0 Å². The van der Waals surface area contributed by atoms with E-state index in [2.05, 4.69) is 60.0 Å². The smallest absolute Gasteiger partial charge is 0.200 e. The fraction of sp³-hybridized carbons (Fsp3) is 0.818. The predicted molar refractivity (Wildman–Crippen MR) is 111 cm³/mol. The third-order valence-electron chi connectivity index (χ3n) is 5.73. The monoisotopic (exact) mass is 364 g/mol. The zero-order valence-corrected chi connectivity index (χ0v) is 18.4. The Bertz CT molecular complexity index is 448. The standard InChI is InChI=1S/C22H40O2Si/c1-17(2)25(18(3)4,19(5)6)24-22-13-11-9-8-10-12-21(23)16-20(7)14-15-22/h17-19,21-23H,7-9,11,13-16H2,1-6H3/t21-,22?/m1/s1. The maximum absolute atomic E-state index is 9.98. The van der Waals surface area contributed by atoms with Gasteiger partial charge in [0.25, 0.3) is 0 Å². The Morgan fingerprint density at radius 2 is 1.64 bits per heavy atom. The summed E-state index contributed by atoms with van der Waals surface area (Å²) in [6, 6.07) is 0. The van der Waals surface area contributed by atoms with Crippen LogP contribution in [0.5, 0.6) is 0 Å². The van der Waals surface area contributed by atoms with Crippen LogP contribution in [-0.4, -0.2) is 25.6 Å². The SMILES string of the molecule is C=C1CCC(O[Si](C(C)C)(C(C)C)C(C)C)CCCCC#C[C@@H](O)C1. The minimum absolute atomic E-state index is 0.320. The molecular weight excluding hydrogens is 324 g/mol. The second kappa shape index (κ2) is 10.6. The molecule has 0 heterocycles. The molecule has 0 saturated heterocycles. The van der Waals surface area contributed by atoms with Crippen LogP contribution in [0, 0.1) is 11.8 Å². The van der Waals surface area contributed by atoms with E-state index in [1.165, 1.54) is 0 Å². The third-order valence-corrected chi connectivity index (χ3v) is 11.9. The van der Waals surface area contributed by atoms with E-state index >= 15 is 0 Å².